The van der Waals surface area contributed by atoms with Crippen molar-refractivity contribution in [2.75, 3.05) is 66.4 Å². The molecule has 0 unspecified atom stereocenters. The van der Waals surface area contributed by atoms with E-state index >= 15 is 0 Å². The first kappa shape index (κ1) is 60.6. The molecule has 0 aromatic rings. The largest absolute Gasteiger partial charge is 0.481 e. The number of carboxylic acid groups (broad SMARTS) is 3. The standard InChI is InChI=1S/C30H54O8.C16H30N2O6.H2/c1-37-23-24-38-22-16-18-27(31)21-20-26(30(35)36)25-28(32)17-14-12-10-8-6-4-2-3-5-7-9-11-13-15-19-29(33)34;1-3-14(19)18-8-9-23-10-11-24-12-15(20)17-7-5-4-6-13(2)16(21)22;/h26H,2-25H2,1H3,(H,33,34)(H,35,36);13H,3-12H2,1-2H3,(H,17,20)(H,18,19)(H,21,22);1H/t26-;13-;/m10./s1. The smallest absolute Gasteiger partial charge is 0.306 e. The van der Waals surface area contributed by atoms with Gasteiger partial charge in [0, 0.05) is 66.8 Å². The van der Waals surface area contributed by atoms with Gasteiger partial charge in [-0.3, -0.25) is 33.6 Å². The van der Waals surface area contributed by atoms with Gasteiger partial charge in [0.25, 0.3) is 0 Å². The maximum Gasteiger partial charge on any atom is 0.306 e. The van der Waals surface area contributed by atoms with Crippen LogP contribution in [0, 0.1) is 11.8 Å². The van der Waals surface area contributed by atoms with E-state index in [1.54, 1.807) is 21.0 Å². The average Bonchev–Trinajstić information content (AvgIpc) is 3.23. The second kappa shape index (κ2) is 45.6. The highest BCUT2D eigenvalue weighted by Crippen LogP contribution is 2.18. The van der Waals surface area contributed by atoms with Crippen molar-refractivity contribution in [3.05, 3.63) is 0 Å². The molecule has 0 spiro atoms. The number of ether oxygens (including phenoxy) is 4. The SMILES string of the molecule is CCC(=O)NCCOCCOCC(=O)NCCCC[C@H](C)C(=O)O.COCCOCCCC(=O)CC[C@H](CC(=O)CCCCCCCCCCCCCCCCC(=O)O)C(=O)O.[HH]. The summed E-state index contributed by atoms with van der Waals surface area (Å²) in [5, 5.41) is 32.2. The molecule has 62 heavy (non-hydrogen) atoms. The van der Waals surface area contributed by atoms with Gasteiger partial charge in [0.15, 0.2) is 0 Å². The van der Waals surface area contributed by atoms with Gasteiger partial charge in [-0.05, 0) is 38.5 Å². The minimum absolute atomic E-state index is 0. The Balaban J connectivity index is -0.00000124. The Bertz CT molecular complexity index is 1180. The van der Waals surface area contributed by atoms with Crippen molar-refractivity contribution in [1.82, 2.24) is 10.6 Å². The van der Waals surface area contributed by atoms with Crippen LogP contribution in [0.1, 0.15) is 176 Å². The number of ketones is 2. The van der Waals surface area contributed by atoms with Gasteiger partial charge in [0.05, 0.1) is 44.9 Å². The number of nitrogens with one attached hydrogen (secondary N) is 2. The van der Waals surface area contributed by atoms with Crippen molar-refractivity contribution in [2.24, 2.45) is 11.8 Å². The highest BCUT2D eigenvalue weighted by atomic mass is 16.5. The van der Waals surface area contributed by atoms with E-state index in [1.807, 2.05) is 0 Å². The Morgan fingerprint density at radius 1 is 0.500 bits per heavy atom. The minimum atomic E-state index is -0.996. The molecule has 0 fully saturated rings. The molecule has 0 aliphatic rings. The normalized spacial score (nSPS) is 11.9. The van der Waals surface area contributed by atoms with Crippen molar-refractivity contribution >= 4 is 41.3 Å². The lowest BCUT2D eigenvalue weighted by Gasteiger charge is -2.11. The Morgan fingerprint density at radius 2 is 1.02 bits per heavy atom. The molecule has 0 saturated carbocycles. The van der Waals surface area contributed by atoms with Crippen LogP contribution in [0.2, 0.25) is 0 Å². The lowest BCUT2D eigenvalue weighted by Crippen LogP contribution is -2.29. The second-order valence-electron chi connectivity index (χ2n) is 15.9. The Hall–Kier alpha value is -3.47. The molecule has 0 bridgehead atoms. The summed E-state index contributed by atoms with van der Waals surface area (Å²) in [4.78, 5) is 79.3. The molecular weight excluding hydrogens is 805 g/mol. The molecule has 0 heterocycles. The number of hydrogen-bond donors (Lipinski definition) is 5. The van der Waals surface area contributed by atoms with Crippen LogP contribution in [0.15, 0.2) is 0 Å². The Morgan fingerprint density at radius 3 is 1.56 bits per heavy atom. The zero-order valence-corrected chi connectivity index (χ0v) is 38.5. The summed E-state index contributed by atoms with van der Waals surface area (Å²) in [7, 11) is 1.60. The van der Waals surface area contributed by atoms with Gasteiger partial charge in [-0.15, -0.1) is 0 Å². The highest BCUT2D eigenvalue weighted by molar-refractivity contribution is 5.84. The van der Waals surface area contributed by atoms with E-state index in [9.17, 15) is 38.7 Å². The number of hydrogen-bond acceptors (Lipinski definition) is 11. The number of methoxy groups -OCH3 is 1. The zero-order valence-electron chi connectivity index (χ0n) is 38.5. The zero-order chi connectivity index (χ0) is 46.5. The summed E-state index contributed by atoms with van der Waals surface area (Å²) in [6, 6.07) is 0. The van der Waals surface area contributed by atoms with E-state index in [0.29, 0.717) is 91.3 Å². The predicted molar refractivity (Wildman–Crippen MR) is 239 cm³/mol. The maximum atomic E-state index is 12.3. The van der Waals surface area contributed by atoms with Crippen molar-refractivity contribution in [1.29, 1.82) is 0 Å². The first-order valence-corrected chi connectivity index (χ1v) is 23.3. The molecule has 16 heteroatoms. The van der Waals surface area contributed by atoms with Crippen molar-refractivity contribution < 1.29 is 69.3 Å². The molecule has 5 N–H and O–H groups in total. The number of aliphatic carboxylic acids is 3. The van der Waals surface area contributed by atoms with E-state index < -0.39 is 23.8 Å². The van der Waals surface area contributed by atoms with Gasteiger partial charge in [-0.1, -0.05) is 97.3 Å². The Kier molecular flexibility index (Phi) is 44.5. The maximum absolute atomic E-state index is 12.3. The van der Waals surface area contributed by atoms with Gasteiger partial charge < -0.3 is 44.9 Å². The van der Waals surface area contributed by atoms with E-state index in [4.69, 9.17) is 29.2 Å². The lowest BCUT2D eigenvalue weighted by atomic mass is 9.93. The molecule has 364 valence electrons. The number of carboxylic acids is 3. The molecule has 0 aromatic carbocycles. The van der Waals surface area contributed by atoms with Gasteiger partial charge in [-0.2, -0.15) is 0 Å². The van der Waals surface area contributed by atoms with Crippen molar-refractivity contribution in [2.45, 2.75) is 174 Å². The summed E-state index contributed by atoms with van der Waals surface area (Å²) >= 11 is 0. The summed E-state index contributed by atoms with van der Waals surface area (Å²) in [5.41, 5.74) is 0. The van der Waals surface area contributed by atoms with Crippen molar-refractivity contribution in [3.63, 3.8) is 0 Å². The van der Waals surface area contributed by atoms with Crippen LogP contribution in [-0.2, 0) is 52.5 Å². The van der Waals surface area contributed by atoms with E-state index in [0.717, 1.165) is 51.4 Å². The monoisotopic (exact) mass is 891 g/mol. The third-order valence-electron chi connectivity index (χ3n) is 10.2. The molecule has 0 rings (SSSR count). The molecular formula is C46H86N2O14. The van der Waals surface area contributed by atoms with Crippen LogP contribution in [0.25, 0.3) is 0 Å². The van der Waals surface area contributed by atoms with Gasteiger partial charge in [-0.25, -0.2) is 0 Å². The minimum Gasteiger partial charge on any atom is -0.481 e. The third kappa shape index (κ3) is 46.0. The Labute approximate surface area is 373 Å². The molecule has 2 atom stereocenters. The summed E-state index contributed by atoms with van der Waals surface area (Å²) in [5.74, 6) is -3.81. The predicted octanol–water partition coefficient (Wildman–Crippen LogP) is 7.56. The topological polar surface area (TPSA) is 241 Å². The van der Waals surface area contributed by atoms with Crippen molar-refractivity contribution in [3.8, 4) is 0 Å². The number of carbonyl (C=O) groups excluding carboxylic acids is 4. The van der Waals surface area contributed by atoms with E-state index in [1.165, 1.54) is 51.4 Å². The highest BCUT2D eigenvalue weighted by Gasteiger charge is 2.22. The quantitative estimate of drug-likeness (QED) is 0.0371. The molecule has 0 aliphatic heterocycles. The summed E-state index contributed by atoms with van der Waals surface area (Å²) in [6.07, 6.45) is 20.4. The fourth-order valence-electron chi connectivity index (χ4n) is 6.24. The third-order valence-corrected chi connectivity index (χ3v) is 10.2. The number of Topliss-reactive ketones (excluding diaryl/α,β-unsaturated/α-hetero) is 2. The molecule has 2 amide bonds. The van der Waals surface area contributed by atoms with Crippen LogP contribution in [0.5, 0.6) is 0 Å². The van der Waals surface area contributed by atoms with Crippen LogP contribution in [0.4, 0.5) is 0 Å². The molecule has 0 aliphatic carbocycles. The van der Waals surface area contributed by atoms with E-state index in [-0.39, 0.29) is 56.6 Å². The van der Waals surface area contributed by atoms with Crippen LogP contribution in [-0.4, -0.2) is 123 Å². The molecule has 0 radical (unpaired) electrons. The molecule has 0 saturated heterocycles. The number of carbonyl (C=O) groups is 7. The molecule has 0 aromatic heterocycles. The number of unbranched alkanes of at least 4 members (excludes halogenated alkanes) is 14. The lowest BCUT2D eigenvalue weighted by molar-refractivity contribution is -0.144. The summed E-state index contributed by atoms with van der Waals surface area (Å²) in [6.45, 7) is 7.00. The second-order valence-corrected chi connectivity index (χ2v) is 15.9. The average molecular weight is 891 g/mol. The fraction of sp³-hybridized carbons (Fsp3) is 0.848. The van der Waals surface area contributed by atoms with Crippen LogP contribution in [0.3, 0.4) is 0 Å². The van der Waals surface area contributed by atoms with Gasteiger partial charge in [0.1, 0.15) is 18.2 Å². The number of rotatable bonds is 45. The first-order valence-electron chi connectivity index (χ1n) is 23.3. The fourth-order valence-corrected chi connectivity index (χ4v) is 6.24. The van der Waals surface area contributed by atoms with Crippen LogP contribution >= 0.6 is 0 Å². The van der Waals surface area contributed by atoms with Gasteiger partial charge in [0.2, 0.25) is 11.8 Å². The molecule has 16 nitrogen and oxygen atoms in total. The van der Waals surface area contributed by atoms with E-state index in [2.05, 4.69) is 10.6 Å². The number of amides is 2. The van der Waals surface area contributed by atoms with Crippen LogP contribution < -0.4 is 10.6 Å². The van der Waals surface area contributed by atoms with Gasteiger partial charge >= 0.3 is 17.9 Å². The summed E-state index contributed by atoms with van der Waals surface area (Å²) < 4.78 is 20.6. The first-order chi connectivity index (χ1) is 29.8.